The molecule has 4 aromatic rings. The number of alkyl carbamates (subject to hydrolysis) is 2. The summed E-state index contributed by atoms with van der Waals surface area (Å²) in [4.78, 5) is 59.4. The van der Waals surface area contributed by atoms with Crippen molar-refractivity contribution in [1.29, 1.82) is 0 Å². The van der Waals surface area contributed by atoms with Crippen molar-refractivity contribution in [3.05, 3.63) is 80.9 Å². The Hall–Kier alpha value is -5.18. The first-order valence-electron chi connectivity index (χ1n) is 14.1. The van der Waals surface area contributed by atoms with E-state index in [0.29, 0.717) is 28.4 Å². The highest BCUT2D eigenvalue weighted by molar-refractivity contribution is 5.79. The molecule has 2 aromatic heterocycles. The molecule has 4 rings (SSSR count). The van der Waals surface area contributed by atoms with E-state index in [4.69, 9.17) is 9.47 Å². The molecule has 44 heavy (non-hydrogen) atoms. The molecule has 0 saturated heterocycles. The summed E-state index contributed by atoms with van der Waals surface area (Å²) in [5.41, 5.74) is 1.72. The van der Waals surface area contributed by atoms with Crippen molar-refractivity contribution in [2.45, 2.75) is 65.6 Å². The van der Waals surface area contributed by atoms with Crippen LogP contribution in [0.25, 0.3) is 21.8 Å². The third-order valence-electron chi connectivity index (χ3n) is 5.61. The Balaban J connectivity index is 0.000000240. The lowest BCUT2D eigenvalue weighted by molar-refractivity contribution is 0.0519. The van der Waals surface area contributed by atoms with Crippen LogP contribution in [0.1, 0.15) is 59.1 Å². The monoisotopic (exact) mass is 602 g/mol. The quantitative estimate of drug-likeness (QED) is 0.195. The van der Waals surface area contributed by atoms with Gasteiger partial charge in [-0.3, -0.25) is 9.59 Å². The maximum absolute atomic E-state index is 11.6. The number of aromatic amines is 2. The predicted molar refractivity (Wildman–Crippen MR) is 168 cm³/mol. The largest absolute Gasteiger partial charge is 0.444 e. The SMILES string of the molecule is CC(C)(C)OC(=O)NCC#Cc1ccc2c(=O)[nH]cnc2c1.CC(C)(C)OC(=O)NCCCc1ccc2c(=O)[nH]cnc2c1. The maximum Gasteiger partial charge on any atom is 0.408 e. The molecule has 2 aromatic carbocycles. The summed E-state index contributed by atoms with van der Waals surface area (Å²) in [6.07, 6.45) is 3.42. The molecule has 2 heterocycles. The highest BCUT2D eigenvalue weighted by Crippen LogP contribution is 2.12. The minimum atomic E-state index is -0.533. The summed E-state index contributed by atoms with van der Waals surface area (Å²) in [6, 6.07) is 10.7. The minimum Gasteiger partial charge on any atom is -0.444 e. The number of carbonyl (C=O) groups excluding carboxylic acids is 2. The second kappa shape index (κ2) is 14.8. The molecular formula is C32H38N6O6. The van der Waals surface area contributed by atoms with E-state index in [-0.39, 0.29) is 17.7 Å². The van der Waals surface area contributed by atoms with Crippen molar-refractivity contribution in [2.24, 2.45) is 0 Å². The number of ether oxygens (including phenoxy) is 2. The molecular weight excluding hydrogens is 564 g/mol. The number of carbonyl (C=O) groups is 2. The summed E-state index contributed by atoms with van der Waals surface area (Å²) in [5.74, 6) is 5.72. The Morgan fingerprint density at radius 1 is 0.795 bits per heavy atom. The van der Waals surface area contributed by atoms with E-state index in [9.17, 15) is 19.2 Å². The molecule has 0 aliphatic carbocycles. The molecule has 0 unspecified atom stereocenters. The van der Waals surface area contributed by atoms with Gasteiger partial charge in [0.25, 0.3) is 11.1 Å². The van der Waals surface area contributed by atoms with Crippen LogP contribution < -0.4 is 21.8 Å². The maximum atomic E-state index is 11.6. The fourth-order valence-electron chi connectivity index (χ4n) is 3.79. The fraction of sp³-hybridized carbons (Fsp3) is 0.375. The molecule has 0 spiro atoms. The van der Waals surface area contributed by atoms with E-state index in [1.54, 1.807) is 45.0 Å². The van der Waals surface area contributed by atoms with Crippen LogP contribution in [0, 0.1) is 11.8 Å². The van der Waals surface area contributed by atoms with Crippen LogP contribution in [0.2, 0.25) is 0 Å². The number of H-pyrrole nitrogens is 2. The van der Waals surface area contributed by atoms with Gasteiger partial charge in [-0.2, -0.15) is 0 Å². The van der Waals surface area contributed by atoms with Gasteiger partial charge < -0.3 is 30.1 Å². The van der Waals surface area contributed by atoms with Crippen LogP contribution in [0.5, 0.6) is 0 Å². The standard InChI is InChI=1S/C16H21N3O3.C16H17N3O3/c2*1-16(2,3)22-15(21)17-8-4-5-11-6-7-12-13(9-11)18-10-19-14(12)20/h6-7,9-10H,4-5,8H2,1-3H3,(H,17,21)(H,18,19,20);6-7,9-10H,8H2,1-3H3,(H,17,21)(H,18,19,20). The van der Waals surface area contributed by atoms with E-state index in [2.05, 4.69) is 42.4 Å². The number of amides is 2. The van der Waals surface area contributed by atoms with Crippen molar-refractivity contribution in [3.8, 4) is 11.8 Å². The van der Waals surface area contributed by atoms with Crippen LogP contribution >= 0.6 is 0 Å². The normalized spacial score (nSPS) is 11.0. The summed E-state index contributed by atoms with van der Waals surface area (Å²) in [6.45, 7) is 11.6. The zero-order chi connectivity index (χ0) is 32.3. The molecule has 12 heteroatoms. The third-order valence-corrected chi connectivity index (χ3v) is 5.61. The van der Waals surface area contributed by atoms with E-state index in [1.165, 1.54) is 12.7 Å². The van der Waals surface area contributed by atoms with Crippen molar-refractivity contribution >= 4 is 34.0 Å². The zero-order valence-electron chi connectivity index (χ0n) is 25.8. The van der Waals surface area contributed by atoms with Gasteiger partial charge in [-0.25, -0.2) is 19.6 Å². The number of nitrogens with one attached hydrogen (secondary N) is 4. The van der Waals surface area contributed by atoms with Crippen LogP contribution in [0.4, 0.5) is 9.59 Å². The van der Waals surface area contributed by atoms with Crippen molar-refractivity contribution in [1.82, 2.24) is 30.6 Å². The van der Waals surface area contributed by atoms with Gasteiger partial charge in [-0.1, -0.05) is 17.9 Å². The molecule has 0 bridgehead atoms. The lowest BCUT2D eigenvalue weighted by Crippen LogP contribution is -2.33. The molecule has 0 fully saturated rings. The van der Waals surface area contributed by atoms with E-state index in [1.807, 2.05) is 32.9 Å². The molecule has 232 valence electrons. The van der Waals surface area contributed by atoms with Gasteiger partial charge in [0.05, 0.1) is 41.0 Å². The van der Waals surface area contributed by atoms with E-state index < -0.39 is 23.4 Å². The fourth-order valence-corrected chi connectivity index (χ4v) is 3.79. The Morgan fingerprint density at radius 3 is 1.93 bits per heavy atom. The van der Waals surface area contributed by atoms with Gasteiger partial charge in [0.15, 0.2) is 0 Å². The number of aromatic nitrogens is 4. The Labute approximate surface area is 255 Å². The zero-order valence-corrected chi connectivity index (χ0v) is 25.8. The molecule has 0 aliphatic heterocycles. The average Bonchev–Trinajstić information content (AvgIpc) is 2.92. The number of hydrogen-bond donors (Lipinski definition) is 4. The summed E-state index contributed by atoms with van der Waals surface area (Å²) in [5, 5.41) is 6.37. The molecule has 0 aliphatic rings. The first-order chi connectivity index (χ1) is 20.7. The lowest BCUT2D eigenvalue weighted by atomic mass is 10.1. The number of nitrogens with zero attached hydrogens (tertiary/aromatic N) is 2. The van der Waals surface area contributed by atoms with Gasteiger partial charge in [0.2, 0.25) is 0 Å². The van der Waals surface area contributed by atoms with Gasteiger partial charge in [0.1, 0.15) is 11.2 Å². The van der Waals surface area contributed by atoms with Gasteiger partial charge >= 0.3 is 12.2 Å². The van der Waals surface area contributed by atoms with Gasteiger partial charge in [-0.15, -0.1) is 0 Å². The van der Waals surface area contributed by atoms with E-state index in [0.717, 1.165) is 24.0 Å². The number of aryl methyl sites for hydroxylation is 1. The smallest absolute Gasteiger partial charge is 0.408 e. The predicted octanol–water partition coefficient (Wildman–Crippen LogP) is 4.18. The first kappa shape index (κ1) is 33.3. The van der Waals surface area contributed by atoms with Crippen molar-refractivity contribution < 1.29 is 19.1 Å². The Kier molecular flexibility index (Phi) is 11.2. The highest BCUT2D eigenvalue weighted by atomic mass is 16.6. The minimum absolute atomic E-state index is 0.136. The van der Waals surface area contributed by atoms with Crippen LogP contribution in [0.15, 0.2) is 58.6 Å². The number of benzene rings is 2. The molecule has 0 radical (unpaired) electrons. The van der Waals surface area contributed by atoms with Crippen LogP contribution in [0.3, 0.4) is 0 Å². The summed E-state index contributed by atoms with van der Waals surface area (Å²) in [7, 11) is 0. The summed E-state index contributed by atoms with van der Waals surface area (Å²) < 4.78 is 10.3. The van der Waals surface area contributed by atoms with Crippen LogP contribution in [-0.2, 0) is 15.9 Å². The molecule has 0 saturated carbocycles. The number of fused-ring (bicyclic) bond motifs is 2. The van der Waals surface area contributed by atoms with E-state index >= 15 is 0 Å². The van der Waals surface area contributed by atoms with Crippen molar-refractivity contribution in [3.63, 3.8) is 0 Å². The lowest BCUT2D eigenvalue weighted by Gasteiger charge is -2.19. The highest BCUT2D eigenvalue weighted by Gasteiger charge is 2.16. The number of rotatable bonds is 5. The molecule has 12 nitrogen and oxygen atoms in total. The average molecular weight is 603 g/mol. The van der Waals surface area contributed by atoms with Crippen molar-refractivity contribution in [2.75, 3.05) is 13.1 Å². The van der Waals surface area contributed by atoms with Crippen LogP contribution in [-0.4, -0.2) is 56.4 Å². The second-order valence-electron chi connectivity index (χ2n) is 11.7. The van der Waals surface area contributed by atoms with Gasteiger partial charge in [-0.05, 0) is 90.3 Å². The van der Waals surface area contributed by atoms with Gasteiger partial charge in [0, 0.05) is 12.1 Å². The molecule has 0 atom stereocenters. The second-order valence-corrected chi connectivity index (χ2v) is 11.7. The third kappa shape index (κ3) is 11.2. The summed E-state index contributed by atoms with van der Waals surface area (Å²) >= 11 is 0. The topological polar surface area (TPSA) is 168 Å². The first-order valence-corrected chi connectivity index (χ1v) is 14.1. The Bertz CT molecular complexity index is 1790. The molecule has 2 amide bonds. The molecule has 4 N–H and O–H groups in total. The Morgan fingerprint density at radius 2 is 1.34 bits per heavy atom. The number of hydrogen-bond acceptors (Lipinski definition) is 8.